The van der Waals surface area contributed by atoms with E-state index in [1.807, 2.05) is 0 Å². The SMILES string of the molecule is Cc1c(Cl)c(=O)n(C2CCCCC2)c(=O)n1C. The maximum Gasteiger partial charge on any atom is 0.331 e. The Balaban J connectivity index is 2.61. The molecule has 1 saturated carbocycles. The van der Waals surface area contributed by atoms with E-state index in [4.69, 9.17) is 11.6 Å². The molecule has 94 valence electrons. The normalized spacial score (nSPS) is 17.4. The first-order valence-corrected chi connectivity index (χ1v) is 6.39. The lowest BCUT2D eigenvalue weighted by Crippen LogP contribution is -2.43. The predicted molar refractivity (Wildman–Crippen MR) is 67.8 cm³/mol. The van der Waals surface area contributed by atoms with Gasteiger partial charge in [0.25, 0.3) is 5.56 Å². The molecule has 0 aromatic carbocycles. The lowest BCUT2D eigenvalue weighted by Gasteiger charge is -2.24. The van der Waals surface area contributed by atoms with Gasteiger partial charge in [0.15, 0.2) is 0 Å². The number of rotatable bonds is 1. The molecule has 0 bridgehead atoms. The van der Waals surface area contributed by atoms with E-state index in [0.717, 1.165) is 25.7 Å². The Morgan fingerprint density at radius 3 is 2.35 bits per heavy atom. The molecule has 0 aliphatic heterocycles. The van der Waals surface area contributed by atoms with Crippen molar-refractivity contribution in [2.24, 2.45) is 7.05 Å². The summed E-state index contributed by atoms with van der Waals surface area (Å²) in [4.78, 5) is 24.2. The first-order chi connectivity index (χ1) is 8.04. The molecule has 0 radical (unpaired) electrons. The quantitative estimate of drug-likeness (QED) is 0.772. The van der Waals surface area contributed by atoms with E-state index in [1.165, 1.54) is 15.6 Å². The van der Waals surface area contributed by atoms with Crippen LogP contribution in [0.5, 0.6) is 0 Å². The van der Waals surface area contributed by atoms with E-state index in [-0.39, 0.29) is 22.3 Å². The Kier molecular flexibility index (Phi) is 3.43. The minimum atomic E-state index is -0.334. The van der Waals surface area contributed by atoms with Gasteiger partial charge in [0.05, 0.1) is 0 Å². The van der Waals surface area contributed by atoms with Crippen LogP contribution in [0.25, 0.3) is 0 Å². The third-order valence-electron chi connectivity index (χ3n) is 3.66. The predicted octanol–water partition coefficient (Wildman–Crippen LogP) is 2.01. The molecule has 4 nitrogen and oxygen atoms in total. The third kappa shape index (κ3) is 2.06. The van der Waals surface area contributed by atoms with Gasteiger partial charge in [-0.05, 0) is 19.8 Å². The molecular weight excluding hydrogens is 240 g/mol. The van der Waals surface area contributed by atoms with Crippen molar-refractivity contribution in [1.82, 2.24) is 9.13 Å². The molecular formula is C12H17ClN2O2. The molecule has 1 fully saturated rings. The van der Waals surface area contributed by atoms with Crippen LogP contribution >= 0.6 is 11.6 Å². The molecule has 2 rings (SSSR count). The molecule has 0 N–H and O–H groups in total. The van der Waals surface area contributed by atoms with E-state index >= 15 is 0 Å². The second kappa shape index (κ2) is 4.69. The molecule has 0 atom stereocenters. The van der Waals surface area contributed by atoms with Crippen LogP contribution in [0.2, 0.25) is 5.02 Å². The maximum atomic E-state index is 12.1. The van der Waals surface area contributed by atoms with Gasteiger partial charge in [-0.1, -0.05) is 30.9 Å². The van der Waals surface area contributed by atoms with Crippen molar-refractivity contribution in [3.05, 3.63) is 31.6 Å². The highest BCUT2D eigenvalue weighted by atomic mass is 35.5. The van der Waals surface area contributed by atoms with Gasteiger partial charge in [-0.15, -0.1) is 0 Å². The highest BCUT2D eigenvalue weighted by Gasteiger charge is 2.21. The molecule has 5 heteroatoms. The zero-order valence-electron chi connectivity index (χ0n) is 10.2. The monoisotopic (exact) mass is 256 g/mol. The van der Waals surface area contributed by atoms with Crippen LogP contribution in [0.1, 0.15) is 43.8 Å². The van der Waals surface area contributed by atoms with Crippen molar-refractivity contribution >= 4 is 11.6 Å². The fourth-order valence-corrected chi connectivity index (χ4v) is 2.68. The summed E-state index contributed by atoms with van der Waals surface area (Å²) in [7, 11) is 1.66. The van der Waals surface area contributed by atoms with Crippen molar-refractivity contribution in [2.75, 3.05) is 0 Å². The topological polar surface area (TPSA) is 44.0 Å². The number of hydrogen-bond acceptors (Lipinski definition) is 2. The third-order valence-corrected chi connectivity index (χ3v) is 4.10. The molecule has 17 heavy (non-hydrogen) atoms. The molecule has 0 saturated heterocycles. The molecule has 1 aromatic rings. The summed E-state index contributed by atoms with van der Waals surface area (Å²) in [6, 6.07) is 0.0213. The highest BCUT2D eigenvalue weighted by molar-refractivity contribution is 6.30. The average Bonchev–Trinajstić information content (AvgIpc) is 2.36. The fourth-order valence-electron chi connectivity index (χ4n) is 2.46. The Morgan fingerprint density at radius 1 is 1.18 bits per heavy atom. The van der Waals surface area contributed by atoms with Crippen LogP contribution in [0, 0.1) is 6.92 Å². The largest absolute Gasteiger partial charge is 0.331 e. The summed E-state index contributed by atoms with van der Waals surface area (Å²) in [5, 5.41) is 0.165. The summed E-state index contributed by atoms with van der Waals surface area (Å²) >= 11 is 5.99. The van der Waals surface area contributed by atoms with E-state index in [2.05, 4.69) is 0 Å². The minimum Gasteiger partial charge on any atom is -0.299 e. The Bertz CT molecular complexity index is 501. The van der Waals surface area contributed by atoms with Gasteiger partial charge < -0.3 is 0 Å². The highest BCUT2D eigenvalue weighted by Crippen LogP contribution is 2.26. The lowest BCUT2D eigenvalue weighted by atomic mass is 9.95. The number of nitrogens with zero attached hydrogens (tertiary/aromatic N) is 2. The minimum absolute atomic E-state index is 0.0213. The Hall–Kier alpha value is -1.03. The van der Waals surface area contributed by atoms with Crippen LogP contribution in [-0.4, -0.2) is 9.13 Å². The van der Waals surface area contributed by atoms with Gasteiger partial charge in [0, 0.05) is 18.8 Å². The Labute approximate surface area is 105 Å². The lowest BCUT2D eigenvalue weighted by molar-refractivity contribution is 0.331. The van der Waals surface area contributed by atoms with Crippen LogP contribution in [-0.2, 0) is 7.05 Å². The summed E-state index contributed by atoms with van der Waals surface area (Å²) in [6.07, 6.45) is 5.13. The number of aromatic nitrogens is 2. The van der Waals surface area contributed by atoms with Gasteiger partial charge in [0.1, 0.15) is 5.02 Å². The first kappa shape index (κ1) is 12.4. The number of halogens is 1. The van der Waals surface area contributed by atoms with E-state index in [9.17, 15) is 9.59 Å². The molecule has 1 aliphatic rings. The second-order valence-corrected chi connectivity index (χ2v) is 5.09. The van der Waals surface area contributed by atoms with Gasteiger partial charge in [-0.2, -0.15) is 0 Å². The van der Waals surface area contributed by atoms with Crippen molar-refractivity contribution in [3.63, 3.8) is 0 Å². The second-order valence-electron chi connectivity index (χ2n) is 4.71. The van der Waals surface area contributed by atoms with E-state index in [1.54, 1.807) is 14.0 Å². The van der Waals surface area contributed by atoms with E-state index in [0.29, 0.717) is 5.69 Å². The number of hydrogen-bond donors (Lipinski definition) is 0. The Morgan fingerprint density at radius 2 is 1.76 bits per heavy atom. The molecule has 0 spiro atoms. The zero-order chi connectivity index (χ0) is 12.6. The first-order valence-electron chi connectivity index (χ1n) is 6.01. The standard InChI is InChI=1S/C12H17ClN2O2/c1-8-10(13)11(16)15(12(17)14(8)2)9-6-4-3-5-7-9/h9H,3-7H2,1-2H3. The van der Waals surface area contributed by atoms with Crippen LogP contribution in [0.15, 0.2) is 9.59 Å². The van der Waals surface area contributed by atoms with Crippen LogP contribution in [0.3, 0.4) is 0 Å². The summed E-state index contributed by atoms with van der Waals surface area (Å²) < 4.78 is 2.80. The summed E-state index contributed by atoms with van der Waals surface area (Å²) in [6.45, 7) is 1.69. The molecule has 0 unspecified atom stereocenters. The smallest absolute Gasteiger partial charge is 0.299 e. The molecule has 1 aliphatic carbocycles. The van der Waals surface area contributed by atoms with Crippen molar-refractivity contribution in [2.45, 2.75) is 45.1 Å². The molecule has 1 aromatic heterocycles. The van der Waals surface area contributed by atoms with Crippen molar-refractivity contribution < 1.29 is 0 Å². The summed E-state index contributed by atoms with van der Waals surface area (Å²) in [5.74, 6) is 0. The maximum absolute atomic E-state index is 12.1. The van der Waals surface area contributed by atoms with Crippen LogP contribution < -0.4 is 11.2 Å². The van der Waals surface area contributed by atoms with E-state index < -0.39 is 0 Å². The van der Waals surface area contributed by atoms with Gasteiger partial charge in [0.2, 0.25) is 0 Å². The van der Waals surface area contributed by atoms with Gasteiger partial charge in [-0.25, -0.2) is 4.79 Å². The van der Waals surface area contributed by atoms with Crippen LogP contribution in [0.4, 0.5) is 0 Å². The van der Waals surface area contributed by atoms with Gasteiger partial charge in [-0.3, -0.25) is 13.9 Å². The fraction of sp³-hybridized carbons (Fsp3) is 0.667. The molecule has 0 amide bonds. The summed E-state index contributed by atoms with van der Waals surface area (Å²) in [5.41, 5.74) is -0.0447. The molecule has 1 heterocycles. The van der Waals surface area contributed by atoms with Crippen molar-refractivity contribution in [3.8, 4) is 0 Å². The van der Waals surface area contributed by atoms with Gasteiger partial charge >= 0.3 is 5.69 Å². The zero-order valence-corrected chi connectivity index (χ0v) is 11.0. The van der Waals surface area contributed by atoms with Crippen molar-refractivity contribution in [1.29, 1.82) is 0 Å². The average molecular weight is 257 g/mol.